The Morgan fingerprint density at radius 3 is 2.29 bits per heavy atom. The minimum atomic E-state index is 0.655. The second-order valence-electron chi connectivity index (χ2n) is 6.90. The zero-order valence-electron chi connectivity index (χ0n) is 17.2. The molecule has 0 bridgehead atoms. The van der Waals surface area contributed by atoms with Gasteiger partial charge in [-0.3, -0.25) is 9.88 Å². The Bertz CT molecular complexity index is 904. The monoisotopic (exact) mass is 375 g/mol. The first-order chi connectivity index (χ1) is 13.6. The molecule has 0 saturated heterocycles. The summed E-state index contributed by atoms with van der Waals surface area (Å²) in [5.41, 5.74) is 5.47. The first-order valence-electron chi connectivity index (χ1n) is 9.92. The molecule has 2 heterocycles. The van der Waals surface area contributed by atoms with Crippen molar-refractivity contribution in [2.75, 3.05) is 18.4 Å². The van der Waals surface area contributed by atoms with Crippen LogP contribution >= 0.6 is 0 Å². The fourth-order valence-corrected chi connectivity index (χ4v) is 3.16. The SMILES string of the molecule is CCN(CC)Cc1ccccc1CNc1nc(-c2ccccn2)nc(C)c1C. The predicted molar refractivity (Wildman–Crippen MR) is 115 cm³/mol. The number of benzene rings is 1. The molecule has 5 heteroatoms. The molecule has 3 rings (SSSR count). The molecule has 0 saturated carbocycles. The van der Waals surface area contributed by atoms with E-state index in [0.29, 0.717) is 5.82 Å². The summed E-state index contributed by atoms with van der Waals surface area (Å²) < 4.78 is 0. The van der Waals surface area contributed by atoms with Gasteiger partial charge in [0.05, 0.1) is 0 Å². The van der Waals surface area contributed by atoms with Crippen molar-refractivity contribution in [3.63, 3.8) is 0 Å². The molecule has 0 amide bonds. The highest BCUT2D eigenvalue weighted by Crippen LogP contribution is 2.21. The van der Waals surface area contributed by atoms with Gasteiger partial charge in [0.15, 0.2) is 5.82 Å². The Hall–Kier alpha value is -2.79. The molecule has 28 heavy (non-hydrogen) atoms. The molecule has 0 fully saturated rings. The lowest BCUT2D eigenvalue weighted by Crippen LogP contribution is -2.23. The zero-order valence-corrected chi connectivity index (χ0v) is 17.2. The molecule has 0 aliphatic carbocycles. The van der Waals surface area contributed by atoms with Crippen LogP contribution in [0.1, 0.15) is 36.2 Å². The molecule has 146 valence electrons. The quantitative estimate of drug-likeness (QED) is 0.623. The standard InChI is InChI=1S/C23H29N5/c1-5-28(6-2)16-20-12-8-7-11-19(20)15-25-22-17(3)18(4)26-23(27-22)21-13-9-10-14-24-21/h7-14H,5-6,15-16H2,1-4H3,(H,25,26,27). The van der Waals surface area contributed by atoms with Crippen LogP contribution in [0.15, 0.2) is 48.7 Å². The van der Waals surface area contributed by atoms with Crippen LogP contribution in [0.3, 0.4) is 0 Å². The van der Waals surface area contributed by atoms with Crippen molar-refractivity contribution < 1.29 is 0 Å². The van der Waals surface area contributed by atoms with E-state index in [1.54, 1.807) is 6.20 Å². The van der Waals surface area contributed by atoms with Gasteiger partial charge in [0.2, 0.25) is 0 Å². The third-order valence-corrected chi connectivity index (χ3v) is 5.14. The fourth-order valence-electron chi connectivity index (χ4n) is 3.16. The van der Waals surface area contributed by atoms with Crippen molar-refractivity contribution >= 4 is 5.82 Å². The summed E-state index contributed by atoms with van der Waals surface area (Å²) in [5.74, 6) is 1.52. The number of pyridine rings is 1. The Morgan fingerprint density at radius 2 is 1.61 bits per heavy atom. The molecular formula is C23H29N5. The van der Waals surface area contributed by atoms with Gasteiger partial charge in [-0.15, -0.1) is 0 Å². The summed E-state index contributed by atoms with van der Waals surface area (Å²) in [7, 11) is 0. The molecule has 0 unspecified atom stereocenters. The molecule has 2 aromatic heterocycles. The van der Waals surface area contributed by atoms with Crippen LogP contribution in [0.25, 0.3) is 11.5 Å². The van der Waals surface area contributed by atoms with E-state index in [0.717, 1.165) is 48.9 Å². The van der Waals surface area contributed by atoms with E-state index in [-0.39, 0.29) is 0 Å². The summed E-state index contributed by atoms with van der Waals surface area (Å²) >= 11 is 0. The summed E-state index contributed by atoms with van der Waals surface area (Å²) in [6.07, 6.45) is 1.77. The van der Waals surface area contributed by atoms with Gasteiger partial charge < -0.3 is 5.32 Å². The van der Waals surface area contributed by atoms with Crippen LogP contribution in [0.2, 0.25) is 0 Å². The van der Waals surface area contributed by atoms with E-state index in [2.05, 4.69) is 65.2 Å². The summed E-state index contributed by atoms with van der Waals surface area (Å²) in [5, 5.41) is 3.53. The Morgan fingerprint density at radius 1 is 0.893 bits per heavy atom. The highest BCUT2D eigenvalue weighted by atomic mass is 15.1. The van der Waals surface area contributed by atoms with Gasteiger partial charge >= 0.3 is 0 Å². The topological polar surface area (TPSA) is 53.9 Å². The maximum absolute atomic E-state index is 4.75. The third-order valence-electron chi connectivity index (χ3n) is 5.14. The van der Waals surface area contributed by atoms with Gasteiger partial charge in [-0.25, -0.2) is 9.97 Å². The van der Waals surface area contributed by atoms with Gasteiger partial charge in [0.1, 0.15) is 11.5 Å². The fraction of sp³-hybridized carbons (Fsp3) is 0.348. The van der Waals surface area contributed by atoms with E-state index < -0.39 is 0 Å². The summed E-state index contributed by atoms with van der Waals surface area (Å²) in [4.78, 5) is 16.2. The van der Waals surface area contributed by atoms with E-state index in [4.69, 9.17) is 4.98 Å². The molecule has 5 nitrogen and oxygen atoms in total. The molecule has 3 aromatic rings. The number of nitrogens with zero attached hydrogens (tertiary/aromatic N) is 4. The van der Waals surface area contributed by atoms with Crippen molar-refractivity contribution in [2.24, 2.45) is 0 Å². The van der Waals surface area contributed by atoms with E-state index >= 15 is 0 Å². The lowest BCUT2D eigenvalue weighted by atomic mass is 10.1. The molecule has 0 aliphatic rings. The molecule has 0 atom stereocenters. The second-order valence-corrected chi connectivity index (χ2v) is 6.90. The lowest BCUT2D eigenvalue weighted by molar-refractivity contribution is 0.295. The van der Waals surface area contributed by atoms with Crippen molar-refractivity contribution in [2.45, 2.75) is 40.8 Å². The molecule has 0 spiro atoms. The second kappa shape index (κ2) is 9.42. The number of aromatic nitrogens is 3. The van der Waals surface area contributed by atoms with Crippen LogP contribution < -0.4 is 5.32 Å². The molecule has 1 N–H and O–H groups in total. The van der Waals surface area contributed by atoms with Gasteiger partial charge in [-0.05, 0) is 50.2 Å². The maximum Gasteiger partial charge on any atom is 0.180 e. The Labute approximate surface area is 167 Å². The Balaban J connectivity index is 1.83. The van der Waals surface area contributed by atoms with Gasteiger partial charge in [0, 0.05) is 30.5 Å². The minimum Gasteiger partial charge on any atom is -0.366 e. The van der Waals surface area contributed by atoms with Crippen molar-refractivity contribution in [1.82, 2.24) is 19.9 Å². The number of aryl methyl sites for hydroxylation is 1. The number of hydrogen-bond acceptors (Lipinski definition) is 5. The molecule has 0 aliphatic heterocycles. The zero-order chi connectivity index (χ0) is 19.9. The van der Waals surface area contributed by atoms with Crippen LogP contribution in [-0.2, 0) is 13.1 Å². The van der Waals surface area contributed by atoms with Gasteiger partial charge in [-0.2, -0.15) is 0 Å². The average molecular weight is 376 g/mol. The first kappa shape index (κ1) is 20.0. The minimum absolute atomic E-state index is 0.655. The smallest absolute Gasteiger partial charge is 0.180 e. The number of anilines is 1. The Kier molecular flexibility index (Phi) is 6.71. The van der Waals surface area contributed by atoms with Crippen molar-refractivity contribution in [3.8, 4) is 11.5 Å². The van der Waals surface area contributed by atoms with E-state index in [1.165, 1.54) is 11.1 Å². The predicted octanol–water partition coefficient (Wildman–Crippen LogP) is 4.61. The maximum atomic E-state index is 4.75. The number of hydrogen-bond donors (Lipinski definition) is 1. The summed E-state index contributed by atoms with van der Waals surface area (Å²) in [6.45, 7) is 12.3. The van der Waals surface area contributed by atoms with Crippen molar-refractivity contribution in [3.05, 3.63) is 71.0 Å². The highest BCUT2D eigenvalue weighted by molar-refractivity contribution is 5.56. The van der Waals surface area contributed by atoms with Crippen LogP contribution in [-0.4, -0.2) is 32.9 Å². The highest BCUT2D eigenvalue weighted by Gasteiger charge is 2.12. The first-order valence-corrected chi connectivity index (χ1v) is 9.92. The molecule has 0 radical (unpaired) electrons. The van der Waals surface area contributed by atoms with E-state index in [1.807, 2.05) is 25.1 Å². The van der Waals surface area contributed by atoms with Crippen molar-refractivity contribution in [1.29, 1.82) is 0 Å². The number of nitrogens with one attached hydrogen (secondary N) is 1. The number of rotatable bonds is 8. The van der Waals surface area contributed by atoms with Crippen LogP contribution in [0.5, 0.6) is 0 Å². The third kappa shape index (κ3) is 4.73. The largest absolute Gasteiger partial charge is 0.366 e. The van der Waals surface area contributed by atoms with E-state index in [9.17, 15) is 0 Å². The van der Waals surface area contributed by atoms with Gasteiger partial charge in [-0.1, -0.05) is 44.2 Å². The molecule has 1 aromatic carbocycles. The molecular weight excluding hydrogens is 346 g/mol. The lowest BCUT2D eigenvalue weighted by Gasteiger charge is -2.20. The van der Waals surface area contributed by atoms with Crippen LogP contribution in [0.4, 0.5) is 5.82 Å². The van der Waals surface area contributed by atoms with Gasteiger partial charge in [0.25, 0.3) is 0 Å². The van der Waals surface area contributed by atoms with Crippen LogP contribution in [0, 0.1) is 13.8 Å². The average Bonchev–Trinajstić information content (AvgIpc) is 2.74. The normalized spacial score (nSPS) is 11.0. The summed E-state index contributed by atoms with van der Waals surface area (Å²) in [6, 6.07) is 14.4.